The number of likely N-dealkylation sites (tertiary alicyclic amines) is 1. The van der Waals surface area contributed by atoms with Gasteiger partial charge in [0.15, 0.2) is 0 Å². The molecule has 3 aliphatic heterocycles. The number of aromatic nitrogens is 1. The highest BCUT2D eigenvalue weighted by Gasteiger charge is 2.38. The summed E-state index contributed by atoms with van der Waals surface area (Å²) in [6.45, 7) is 3.90. The van der Waals surface area contributed by atoms with Gasteiger partial charge in [0.25, 0.3) is 5.56 Å². The highest BCUT2D eigenvalue weighted by atomic mass is 35.5. The molecular formula is C19H30Cl2N4O2. The Morgan fingerprint density at radius 1 is 1.22 bits per heavy atom. The number of hydrogen-bond acceptors (Lipinski definition) is 4. The van der Waals surface area contributed by atoms with E-state index in [4.69, 9.17) is 0 Å². The number of piperidine rings is 1. The second-order valence-corrected chi connectivity index (χ2v) is 8.13. The summed E-state index contributed by atoms with van der Waals surface area (Å²) in [5.41, 5.74) is 2.12. The molecule has 6 nitrogen and oxygen atoms in total. The molecule has 8 heteroatoms. The lowest BCUT2D eigenvalue weighted by Gasteiger charge is -2.43. The molecule has 1 N–H and O–H groups in total. The second kappa shape index (κ2) is 8.95. The summed E-state index contributed by atoms with van der Waals surface area (Å²) >= 11 is 0. The van der Waals surface area contributed by atoms with E-state index in [0.29, 0.717) is 18.4 Å². The van der Waals surface area contributed by atoms with Gasteiger partial charge in [0.2, 0.25) is 5.91 Å². The van der Waals surface area contributed by atoms with Crippen molar-refractivity contribution in [2.24, 2.45) is 5.92 Å². The maximum Gasteiger partial charge on any atom is 0.255 e. The molecule has 27 heavy (non-hydrogen) atoms. The molecular weight excluding hydrogens is 387 g/mol. The molecule has 2 bridgehead atoms. The molecule has 1 aromatic heterocycles. The molecule has 0 saturated carbocycles. The zero-order valence-electron chi connectivity index (χ0n) is 16.0. The van der Waals surface area contributed by atoms with Crippen molar-refractivity contribution in [2.75, 3.05) is 33.7 Å². The number of fused-ring (bicyclic) bond motifs is 4. The fourth-order valence-electron chi connectivity index (χ4n) is 4.75. The van der Waals surface area contributed by atoms with Crippen LogP contribution in [0.3, 0.4) is 0 Å². The fourth-order valence-corrected chi connectivity index (χ4v) is 4.75. The summed E-state index contributed by atoms with van der Waals surface area (Å²) in [5.74, 6) is 0.940. The average Bonchev–Trinajstić information content (AvgIpc) is 3.11. The minimum Gasteiger partial charge on any atom is -0.340 e. The molecule has 0 radical (unpaired) electrons. The zero-order valence-corrected chi connectivity index (χ0v) is 17.7. The molecule has 152 valence electrons. The number of nitrogens with zero attached hydrogens (tertiary/aromatic N) is 3. The van der Waals surface area contributed by atoms with Gasteiger partial charge in [-0.05, 0) is 51.9 Å². The first-order valence-electron chi connectivity index (χ1n) is 9.42. The van der Waals surface area contributed by atoms with Gasteiger partial charge in [-0.15, -0.1) is 24.8 Å². The monoisotopic (exact) mass is 416 g/mol. The van der Waals surface area contributed by atoms with Crippen LogP contribution in [0.25, 0.3) is 0 Å². The largest absolute Gasteiger partial charge is 0.340 e. The van der Waals surface area contributed by atoms with Crippen molar-refractivity contribution in [1.29, 1.82) is 0 Å². The molecule has 1 amide bonds. The third-order valence-corrected chi connectivity index (χ3v) is 5.84. The van der Waals surface area contributed by atoms with Gasteiger partial charge in [0.05, 0.1) is 6.04 Å². The van der Waals surface area contributed by atoms with Crippen LogP contribution in [-0.4, -0.2) is 60.0 Å². The summed E-state index contributed by atoms with van der Waals surface area (Å²) in [5, 5.41) is 3.32. The lowest BCUT2D eigenvalue weighted by molar-refractivity contribution is -0.135. The fraction of sp³-hybridized carbons (Fsp3) is 0.684. The molecule has 4 heterocycles. The van der Waals surface area contributed by atoms with Gasteiger partial charge >= 0.3 is 0 Å². The van der Waals surface area contributed by atoms with Gasteiger partial charge in [0.1, 0.15) is 0 Å². The Balaban J connectivity index is 0.00000131. The van der Waals surface area contributed by atoms with Crippen molar-refractivity contribution in [1.82, 2.24) is 19.7 Å². The Hall–Kier alpha value is -1.08. The molecule has 3 aliphatic rings. The number of rotatable bonds is 3. The molecule has 3 atom stereocenters. The van der Waals surface area contributed by atoms with E-state index in [1.807, 2.05) is 34.5 Å². The quantitative estimate of drug-likeness (QED) is 0.809. The van der Waals surface area contributed by atoms with Crippen molar-refractivity contribution in [3.8, 4) is 0 Å². The first-order valence-corrected chi connectivity index (χ1v) is 9.42. The number of pyridine rings is 1. The van der Waals surface area contributed by atoms with Crippen molar-refractivity contribution < 1.29 is 4.79 Å². The number of carbonyl (C=O) groups is 1. The minimum atomic E-state index is 0. The molecule has 2 saturated heterocycles. The Bertz CT molecular complexity index is 731. The number of hydrogen-bond donors (Lipinski definition) is 1. The Morgan fingerprint density at radius 3 is 2.67 bits per heavy atom. The molecule has 0 unspecified atom stereocenters. The van der Waals surface area contributed by atoms with E-state index in [1.54, 1.807) is 0 Å². The molecule has 0 spiro atoms. The van der Waals surface area contributed by atoms with Crippen molar-refractivity contribution in [3.05, 3.63) is 33.7 Å². The maximum atomic E-state index is 12.9. The third kappa shape index (κ3) is 4.34. The van der Waals surface area contributed by atoms with E-state index < -0.39 is 0 Å². The molecule has 4 rings (SSSR count). The van der Waals surface area contributed by atoms with Gasteiger partial charge in [0, 0.05) is 43.4 Å². The number of carbonyl (C=O) groups excluding carboxylic acids is 1. The first-order chi connectivity index (χ1) is 12.0. The smallest absolute Gasteiger partial charge is 0.255 e. The van der Waals surface area contributed by atoms with Crippen LogP contribution in [-0.2, 0) is 17.9 Å². The highest BCUT2D eigenvalue weighted by Crippen LogP contribution is 2.35. The van der Waals surface area contributed by atoms with E-state index in [1.165, 1.54) is 0 Å². The van der Waals surface area contributed by atoms with Gasteiger partial charge in [-0.25, -0.2) is 0 Å². The van der Waals surface area contributed by atoms with Gasteiger partial charge in [-0.2, -0.15) is 0 Å². The topological polar surface area (TPSA) is 57.6 Å². The van der Waals surface area contributed by atoms with E-state index >= 15 is 0 Å². The lowest BCUT2D eigenvalue weighted by atomic mass is 9.82. The van der Waals surface area contributed by atoms with Crippen LogP contribution in [0.5, 0.6) is 0 Å². The second-order valence-electron chi connectivity index (χ2n) is 8.13. The van der Waals surface area contributed by atoms with Crippen LogP contribution < -0.4 is 10.9 Å². The van der Waals surface area contributed by atoms with Crippen LogP contribution in [0.2, 0.25) is 0 Å². The van der Waals surface area contributed by atoms with E-state index in [0.717, 1.165) is 56.7 Å². The van der Waals surface area contributed by atoms with Crippen LogP contribution >= 0.6 is 24.8 Å². The Morgan fingerprint density at radius 2 is 2.00 bits per heavy atom. The summed E-state index contributed by atoms with van der Waals surface area (Å²) in [6.07, 6.45) is 3.13. The minimum absolute atomic E-state index is 0. The van der Waals surface area contributed by atoms with Crippen molar-refractivity contribution >= 4 is 30.7 Å². The summed E-state index contributed by atoms with van der Waals surface area (Å²) in [4.78, 5) is 29.7. The van der Waals surface area contributed by atoms with Crippen LogP contribution in [0.4, 0.5) is 0 Å². The third-order valence-electron chi connectivity index (χ3n) is 5.84. The number of nitrogens with one attached hydrogen (secondary N) is 1. The van der Waals surface area contributed by atoms with E-state index in [9.17, 15) is 9.59 Å². The Labute approximate surface area is 173 Å². The molecule has 2 fully saturated rings. The van der Waals surface area contributed by atoms with Gasteiger partial charge in [-0.3, -0.25) is 9.59 Å². The predicted octanol–water partition coefficient (Wildman–Crippen LogP) is 1.45. The highest BCUT2D eigenvalue weighted by molar-refractivity contribution is 5.85. The molecule has 0 aliphatic carbocycles. The lowest BCUT2D eigenvalue weighted by Crippen LogP contribution is -2.53. The zero-order chi connectivity index (χ0) is 17.6. The van der Waals surface area contributed by atoms with Crippen LogP contribution in [0.15, 0.2) is 16.9 Å². The predicted molar refractivity (Wildman–Crippen MR) is 111 cm³/mol. The summed E-state index contributed by atoms with van der Waals surface area (Å²) < 4.78 is 1.98. The van der Waals surface area contributed by atoms with Crippen molar-refractivity contribution in [3.63, 3.8) is 0 Å². The van der Waals surface area contributed by atoms with Crippen LogP contribution in [0, 0.1) is 5.92 Å². The average molecular weight is 417 g/mol. The van der Waals surface area contributed by atoms with Crippen LogP contribution in [0.1, 0.15) is 36.4 Å². The molecule has 0 aromatic carbocycles. The Kier molecular flexibility index (Phi) is 7.36. The van der Waals surface area contributed by atoms with Crippen molar-refractivity contribution in [2.45, 2.75) is 44.3 Å². The summed E-state index contributed by atoms with van der Waals surface area (Å²) in [7, 11) is 3.97. The van der Waals surface area contributed by atoms with E-state index in [-0.39, 0.29) is 42.3 Å². The summed E-state index contributed by atoms with van der Waals surface area (Å²) in [6, 6.07) is 4.10. The first kappa shape index (κ1) is 22.2. The van der Waals surface area contributed by atoms with E-state index in [2.05, 4.69) is 11.4 Å². The normalized spacial score (nSPS) is 26.2. The SMILES string of the molecule is CN(C)Cc1ccc2n(c1=O)C[C@H]1C[C@@H]2CN(C(=O)[C@H]2CCCN2)C1.Cl.Cl. The molecule has 1 aromatic rings. The maximum absolute atomic E-state index is 12.9. The van der Waals surface area contributed by atoms with Gasteiger partial charge in [-0.1, -0.05) is 6.07 Å². The number of halogens is 2. The number of amides is 1. The standard InChI is InChI=1S/C19H28N4O2.2ClH/c1-21(2)11-14-5-6-17-15-8-13(10-23(17)18(14)24)9-22(12-15)19(25)16-4-3-7-20-16;;/h5-6,13,15-16,20H,3-4,7-12H2,1-2H3;2*1H/t13-,15+,16+;;/m0../s1. The van der Waals surface area contributed by atoms with Gasteiger partial charge < -0.3 is 19.7 Å².